The van der Waals surface area contributed by atoms with Gasteiger partial charge in [0.1, 0.15) is 5.82 Å². The zero-order valence-corrected chi connectivity index (χ0v) is 14.7. The molecule has 0 N–H and O–H groups in total. The number of nitrogens with zero attached hydrogens (tertiary/aromatic N) is 4. The molecule has 132 valence electrons. The van der Waals surface area contributed by atoms with Gasteiger partial charge >= 0.3 is 0 Å². The predicted octanol–water partition coefficient (Wildman–Crippen LogP) is 3.59. The molecular weight excluding hydrogens is 359 g/mol. The molecule has 0 aliphatic carbocycles. The minimum Gasteiger partial charge on any atom is -0.271 e. The number of halogens is 2. The van der Waals surface area contributed by atoms with Crippen LogP contribution in [0.25, 0.3) is 0 Å². The molecule has 2 aromatic carbocycles. The van der Waals surface area contributed by atoms with Crippen LogP contribution in [0.1, 0.15) is 11.1 Å². The van der Waals surface area contributed by atoms with Crippen LogP contribution in [0.5, 0.6) is 0 Å². The smallest absolute Gasteiger partial charge is 0.263 e. The molecule has 0 unspecified atom stereocenters. The van der Waals surface area contributed by atoms with Crippen molar-refractivity contribution in [3.63, 3.8) is 0 Å². The number of anilines is 2. The number of fused-ring (bicyclic) bond motifs is 1. The molecule has 2 aromatic rings. The van der Waals surface area contributed by atoms with E-state index in [9.17, 15) is 14.0 Å². The number of hydrogen-bond acceptors (Lipinski definition) is 5. The fourth-order valence-electron chi connectivity index (χ4n) is 3.34. The highest BCUT2D eigenvalue weighted by atomic mass is 35.5. The van der Waals surface area contributed by atoms with Crippen molar-refractivity contribution in [3.8, 4) is 0 Å². The third-order valence-electron chi connectivity index (χ3n) is 4.41. The molecule has 2 heterocycles. The molecule has 2 amide bonds. The number of carbonyl (C=O) groups is 2. The normalized spacial score (nSPS) is 21.7. The van der Waals surface area contributed by atoms with E-state index in [2.05, 4.69) is 10.3 Å². The first kappa shape index (κ1) is 16.7. The third-order valence-corrected chi connectivity index (χ3v) is 4.70. The summed E-state index contributed by atoms with van der Waals surface area (Å²) in [5.41, 5.74) is 2.80. The Morgan fingerprint density at radius 2 is 1.69 bits per heavy atom. The van der Waals surface area contributed by atoms with E-state index in [0.29, 0.717) is 11.4 Å². The summed E-state index contributed by atoms with van der Waals surface area (Å²) < 4.78 is 13.4. The third kappa shape index (κ3) is 2.47. The van der Waals surface area contributed by atoms with Gasteiger partial charge in [0.05, 0.1) is 16.4 Å². The summed E-state index contributed by atoms with van der Waals surface area (Å²) in [5.74, 6) is -1.42. The van der Waals surface area contributed by atoms with E-state index < -0.39 is 29.7 Å². The van der Waals surface area contributed by atoms with Gasteiger partial charge in [-0.2, -0.15) is 5.11 Å². The van der Waals surface area contributed by atoms with Crippen molar-refractivity contribution >= 4 is 34.8 Å². The van der Waals surface area contributed by atoms with Crippen molar-refractivity contribution in [2.24, 2.45) is 10.3 Å². The quantitative estimate of drug-likeness (QED) is 0.756. The summed E-state index contributed by atoms with van der Waals surface area (Å²) in [6, 6.07) is 7.68. The molecule has 0 spiro atoms. The van der Waals surface area contributed by atoms with Crippen LogP contribution in [-0.2, 0) is 9.59 Å². The predicted molar refractivity (Wildman–Crippen MR) is 94.7 cm³/mol. The van der Waals surface area contributed by atoms with Gasteiger partial charge in [-0.1, -0.05) is 22.9 Å². The molecule has 1 fully saturated rings. The van der Waals surface area contributed by atoms with Crippen LogP contribution in [0, 0.1) is 19.7 Å². The molecule has 0 bridgehead atoms. The molecule has 2 atom stereocenters. The van der Waals surface area contributed by atoms with Crippen molar-refractivity contribution in [2.75, 3.05) is 9.91 Å². The van der Waals surface area contributed by atoms with Gasteiger partial charge < -0.3 is 0 Å². The number of benzene rings is 2. The molecule has 6 nitrogen and oxygen atoms in total. The minimum atomic E-state index is -0.924. The maximum Gasteiger partial charge on any atom is 0.263 e. The second-order valence-electron chi connectivity index (χ2n) is 6.40. The van der Waals surface area contributed by atoms with Gasteiger partial charge in [-0.05, 0) is 55.3 Å². The second kappa shape index (κ2) is 5.88. The Morgan fingerprint density at radius 3 is 2.35 bits per heavy atom. The Bertz CT molecular complexity index is 957. The molecule has 26 heavy (non-hydrogen) atoms. The van der Waals surface area contributed by atoms with E-state index in [1.165, 1.54) is 23.2 Å². The minimum absolute atomic E-state index is 0.0934. The van der Waals surface area contributed by atoms with Crippen LogP contribution in [0.2, 0.25) is 5.02 Å². The van der Waals surface area contributed by atoms with E-state index in [-0.39, 0.29) is 5.02 Å². The lowest BCUT2D eigenvalue weighted by Crippen LogP contribution is -2.40. The molecular formula is C18H14ClFN4O2. The highest BCUT2D eigenvalue weighted by Gasteiger charge is 2.55. The van der Waals surface area contributed by atoms with E-state index in [1.54, 1.807) is 12.1 Å². The van der Waals surface area contributed by atoms with Gasteiger partial charge in [-0.15, -0.1) is 0 Å². The average Bonchev–Trinajstić information content (AvgIpc) is 3.10. The van der Waals surface area contributed by atoms with E-state index in [1.807, 2.05) is 19.9 Å². The Labute approximate surface area is 153 Å². The van der Waals surface area contributed by atoms with Gasteiger partial charge in [0.15, 0.2) is 12.1 Å². The topological polar surface area (TPSA) is 65.3 Å². The van der Waals surface area contributed by atoms with Crippen LogP contribution in [0.15, 0.2) is 46.7 Å². The van der Waals surface area contributed by atoms with Gasteiger partial charge in [0.25, 0.3) is 11.8 Å². The number of carbonyl (C=O) groups excluding carboxylic acids is 2. The first-order valence-corrected chi connectivity index (χ1v) is 8.36. The lowest BCUT2D eigenvalue weighted by Gasteiger charge is -2.21. The Morgan fingerprint density at radius 1 is 1.00 bits per heavy atom. The number of hydrogen-bond donors (Lipinski definition) is 0. The fraction of sp³-hybridized carbons (Fsp3) is 0.222. The SMILES string of the molecule is Cc1cc(C)cc(N2C(=O)[C@@H]3[C@@H](N=NN3c3ccc(F)c(Cl)c3)C2=O)c1. The maximum absolute atomic E-state index is 13.4. The van der Waals surface area contributed by atoms with Gasteiger partial charge in [-0.3, -0.25) is 9.59 Å². The van der Waals surface area contributed by atoms with Gasteiger partial charge in [0, 0.05) is 0 Å². The van der Waals surface area contributed by atoms with Crippen molar-refractivity contribution in [1.82, 2.24) is 0 Å². The maximum atomic E-state index is 13.4. The number of amides is 2. The molecule has 4 rings (SSSR count). The van der Waals surface area contributed by atoms with Crippen LogP contribution in [-0.4, -0.2) is 23.9 Å². The Kier molecular flexibility index (Phi) is 3.77. The Hall–Kier alpha value is -2.80. The number of imide groups is 1. The molecule has 2 aliphatic rings. The summed E-state index contributed by atoms with van der Waals surface area (Å²) in [5, 5.41) is 9.12. The van der Waals surface area contributed by atoms with Crippen LogP contribution in [0.4, 0.5) is 15.8 Å². The van der Waals surface area contributed by atoms with E-state index >= 15 is 0 Å². The molecule has 0 radical (unpaired) electrons. The number of rotatable bonds is 2. The molecule has 1 saturated heterocycles. The zero-order valence-electron chi connectivity index (χ0n) is 14.0. The molecule has 0 saturated carbocycles. The molecule has 2 aliphatic heterocycles. The summed E-state index contributed by atoms with van der Waals surface area (Å²) >= 11 is 5.82. The summed E-state index contributed by atoms with van der Waals surface area (Å²) in [6.45, 7) is 3.80. The highest BCUT2D eigenvalue weighted by molar-refractivity contribution is 6.31. The highest BCUT2D eigenvalue weighted by Crippen LogP contribution is 2.36. The standard InChI is InChI=1S/C18H14ClFN4O2/c1-9-5-10(2)7-12(6-9)23-17(25)15-16(18(23)26)24(22-21-15)11-3-4-14(20)13(19)8-11/h3-8,15-16H,1-2H3/t15-,16+/m1/s1. The first-order chi connectivity index (χ1) is 12.4. The van der Waals surface area contributed by atoms with Gasteiger partial charge in [-0.25, -0.2) is 14.3 Å². The lowest BCUT2D eigenvalue weighted by atomic mass is 10.1. The van der Waals surface area contributed by atoms with Crippen LogP contribution < -0.4 is 9.91 Å². The Balaban J connectivity index is 1.72. The average molecular weight is 373 g/mol. The van der Waals surface area contributed by atoms with E-state index in [4.69, 9.17) is 11.6 Å². The van der Waals surface area contributed by atoms with Crippen molar-refractivity contribution in [3.05, 3.63) is 58.4 Å². The zero-order chi connectivity index (χ0) is 18.6. The van der Waals surface area contributed by atoms with E-state index in [0.717, 1.165) is 16.0 Å². The molecule has 8 heteroatoms. The monoisotopic (exact) mass is 372 g/mol. The largest absolute Gasteiger partial charge is 0.271 e. The summed E-state index contributed by atoms with van der Waals surface area (Å²) in [7, 11) is 0. The molecule has 0 aromatic heterocycles. The summed E-state index contributed by atoms with van der Waals surface area (Å²) in [4.78, 5) is 26.9. The van der Waals surface area contributed by atoms with Gasteiger partial charge in [0.2, 0.25) is 0 Å². The number of aryl methyl sites for hydroxylation is 2. The van der Waals surface area contributed by atoms with Crippen molar-refractivity contribution in [1.29, 1.82) is 0 Å². The van der Waals surface area contributed by atoms with Crippen LogP contribution in [0.3, 0.4) is 0 Å². The lowest BCUT2D eigenvalue weighted by molar-refractivity contribution is -0.121. The van der Waals surface area contributed by atoms with Crippen molar-refractivity contribution < 1.29 is 14.0 Å². The van der Waals surface area contributed by atoms with Crippen LogP contribution >= 0.6 is 11.6 Å². The summed E-state index contributed by atoms with van der Waals surface area (Å²) in [6.07, 6.45) is 0. The fourth-order valence-corrected chi connectivity index (χ4v) is 3.51. The first-order valence-electron chi connectivity index (χ1n) is 7.98. The second-order valence-corrected chi connectivity index (χ2v) is 6.80. The van der Waals surface area contributed by atoms with Crippen molar-refractivity contribution in [2.45, 2.75) is 25.9 Å².